The zero-order chi connectivity index (χ0) is 19.8. The summed E-state index contributed by atoms with van der Waals surface area (Å²) >= 11 is 4.81. The topological polar surface area (TPSA) is 68.0 Å². The molecule has 0 aliphatic rings. The quantitative estimate of drug-likeness (QED) is 0.463. The van der Waals surface area contributed by atoms with Gasteiger partial charge in [-0.1, -0.05) is 28.9 Å². The summed E-state index contributed by atoms with van der Waals surface area (Å²) in [7, 11) is -3.28. The third-order valence-corrected chi connectivity index (χ3v) is 5.86. The van der Waals surface area contributed by atoms with Crippen molar-refractivity contribution in [2.45, 2.75) is 12.3 Å². The molecule has 2 aromatic carbocycles. The molecule has 3 rings (SSSR count). The second-order valence-electron chi connectivity index (χ2n) is 5.99. The summed E-state index contributed by atoms with van der Waals surface area (Å²) in [4.78, 5) is 3.45. The van der Waals surface area contributed by atoms with Crippen molar-refractivity contribution in [2.24, 2.45) is 0 Å². The Morgan fingerprint density at radius 1 is 1.19 bits per heavy atom. The summed E-state index contributed by atoms with van der Waals surface area (Å²) in [6.45, 7) is 3.31. The molecule has 0 spiro atoms. The van der Waals surface area contributed by atoms with Gasteiger partial charge in [0.05, 0.1) is 5.30 Å². The minimum atomic E-state index is -3.82. The van der Waals surface area contributed by atoms with Gasteiger partial charge in [0.25, 0.3) is 0 Å². The third kappa shape index (κ3) is 4.34. The predicted octanol–water partition coefficient (Wildman–Crippen LogP) is 5.12. The fourth-order valence-corrected chi connectivity index (χ4v) is 4.05. The molecule has 5 nitrogen and oxygen atoms in total. The Hall–Kier alpha value is -2.31. The van der Waals surface area contributed by atoms with Crippen molar-refractivity contribution < 1.29 is 22.3 Å². The molecule has 0 amide bonds. The van der Waals surface area contributed by atoms with Crippen LogP contribution in [0.4, 0.5) is 18.9 Å². The maximum absolute atomic E-state index is 14.6. The van der Waals surface area contributed by atoms with Crippen molar-refractivity contribution >= 4 is 29.9 Å². The average Bonchev–Trinajstić information content (AvgIpc) is 3.07. The van der Waals surface area contributed by atoms with Crippen LogP contribution in [0.5, 0.6) is 0 Å². The molecular formula is C17H14ClF3N3O2P. The van der Waals surface area contributed by atoms with E-state index in [9.17, 15) is 17.7 Å². The zero-order valence-electron chi connectivity index (χ0n) is 14.2. The summed E-state index contributed by atoms with van der Waals surface area (Å²) in [5.41, 5.74) is 1.70. The van der Waals surface area contributed by atoms with Gasteiger partial charge in [0.1, 0.15) is 5.82 Å². The van der Waals surface area contributed by atoms with Crippen LogP contribution in [0.15, 0.2) is 47.0 Å². The lowest BCUT2D eigenvalue weighted by molar-refractivity contribution is 0.0551. The highest BCUT2D eigenvalue weighted by Crippen LogP contribution is 2.41. The number of aromatic nitrogens is 2. The summed E-state index contributed by atoms with van der Waals surface area (Å²) in [5, 5.41) is 2.33. The highest BCUT2D eigenvalue weighted by atomic mass is 35.5. The van der Waals surface area contributed by atoms with Crippen LogP contribution in [-0.4, -0.2) is 16.8 Å². The molecule has 10 heteroatoms. The maximum atomic E-state index is 14.6. The number of anilines is 1. The molecular weight excluding hydrogens is 402 g/mol. The van der Waals surface area contributed by atoms with E-state index in [1.165, 1.54) is 18.8 Å². The van der Waals surface area contributed by atoms with Crippen molar-refractivity contribution in [1.29, 1.82) is 0 Å². The second kappa shape index (κ2) is 7.02. The van der Waals surface area contributed by atoms with E-state index in [4.69, 9.17) is 11.6 Å². The SMILES string of the molecule is Cc1ccc(NP(C)(=O)c2ccc(-c3noc(C(F)(F)Cl)n3)cc2F)cc1. The van der Waals surface area contributed by atoms with Crippen LogP contribution in [0.3, 0.4) is 0 Å². The highest BCUT2D eigenvalue weighted by Gasteiger charge is 2.36. The number of aryl methyl sites for hydroxylation is 1. The van der Waals surface area contributed by atoms with Gasteiger partial charge in [0.2, 0.25) is 5.82 Å². The first-order valence-corrected chi connectivity index (χ1v) is 10.2. The molecule has 142 valence electrons. The standard InChI is InChI=1S/C17H14ClF3N3O2P/c1-10-3-6-12(7-4-10)24-27(2,25)14-8-5-11(9-13(14)19)15-22-16(26-23-15)17(18,20)21/h3-9H,1-2H3,(H,24,25). The smallest absolute Gasteiger partial charge is 0.333 e. The summed E-state index contributed by atoms with van der Waals surface area (Å²) in [6.07, 6.45) is 0. The second-order valence-corrected chi connectivity index (χ2v) is 9.02. The Bertz CT molecular complexity index is 1020. The monoisotopic (exact) mass is 415 g/mol. The van der Waals surface area contributed by atoms with E-state index >= 15 is 0 Å². The van der Waals surface area contributed by atoms with Crippen molar-refractivity contribution in [3.63, 3.8) is 0 Å². The van der Waals surface area contributed by atoms with Gasteiger partial charge in [0, 0.05) is 17.9 Å². The summed E-state index contributed by atoms with van der Waals surface area (Å²) in [5.74, 6) is -2.14. The molecule has 3 aromatic rings. The van der Waals surface area contributed by atoms with Crippen molar-refractivity contribution in [2.75, 3.05) is 11.8 Å². The lowest BCUT2D eigenvalue weighted by Gasteiger charge is -2.17. The Labute approximate surface area is 158 Å². The van der Waals surface area contributed by atoms with Crippen LogP contribution < -0.4 is 10.4 Å². The van der Waals surface area contributed by atoms with Gasteiger partial charge >= 0.3 is 11.3 Å². The van der Waals surface area contributed by atoms with Gasteiger partial charge in [0.15, 0.2) is 7.29 Å². The van der Waals surface area contributed by atoms with Gasteiger partial charge in [-0.25, -0.2) is 4.39 Å². The molecule has 0 radical (unpaired) electrons. The Morgan fingerprint density at radius 2 is 1.85 bits per heavy atom. The maximum Gasteiger partial charge on any atom is 0.400 e. The summed E-state index contributed by atoms with van der Waals surface area (Å²) in [6, 6.07) is 10.8. The third-order valence-electron chi connectivity index (χ3n) is 3.73. The zero-order valence-corrected chi connectivity index (χ0v) is 15.9. The van der Waals surface area contributed by atoms with E-state index in [1.807, 2.05) is 19.1 Å². The fraction of sp³-hybridized carbons (Fsp3) is 0.176. The Morgan fingerprint density at radius 3 is 2.41 bits per heavy atom. The molecule has 1 atom stereocenters. The first-order valence-electron chi connectivity index (χ1n) is 7.70. The largest absolute Gasteiger partial charge is 0.400 e. The average molecular weight is 416 g/mol. The van der Waals surface area contributed by atoms with E-state index in [1.54, 1.807) is 12.1 Å². The summed E-state index contributed by atoms with van der Waals surface area (Å²) < 4.78 is 57.8. The normalized spacial score (nSPS) is 14.0. The van der Waals surface area contributed by atoms with Gasteiger partial charge in [-0.05, 0) is 42.8 Å². The number of hydrogen-bond acceptors (Lipinski definition) is 4. The predicted molar refractivity (Wildman–Crippen MR) is 97.4 cm³/mol. The number of alkyl halides is 3. The minimum absolute atomic E-state index is 0.0433. The minimum Gasteiger partial charge on any atom is -0.333 e. The van der Waals surface area contributed by atoms with Crippen molar-refractivity contribution in [1.82, 2.24) is 10.1 Å². The lowest BCUT2D eigenvalue weighted by atomic mass is 10.2. The molecule has 0 fully saturated rings. The lowest BCUT2D eigenvalue weighted by Crippen LogP contribution is -2.15. The fourth-order valence-electron chi connectivity index (χ4n) is 2.38. The molecule has 0 aliphatic carbocycles. The molecule has 0 bridgehead atoms. The number of nitrogens with one attached hydrogen (secondary N) is 1. The van der Waals surface area contributed by atoms with Gasteiger partial charge in [-0.3, -0.25) is 4.57 Å². The van der Waals surface area contributed by atoms with E-state index in [0.717, 1.165) is 11.6 Å². The number of benzene rings is 2. The van der Waals surface area contributed by atoms with E-state index in [0.29, 0.717) is 5.69 Å². The molecule has 0 aliphatic heterocycles. The van der Waals surface area contributed by atoms with Gasteiger partial charge < -0.3 is 9.61 Å². The highest BCUT2D eigenvalue weighted by molar-refractivity contribution is 7.72. The molecule has 27 heavy (non-hydrogen) atoms. The number of nitrogens with zero attached hydrogens (tertiary/aromatic N) is 2. The molecule has 1 N–H and O–H groups in total. The van der Waals surface area contributed by atoms with E-state index in [2.05, 4.69) is 19.8 Å². The first kappa shape index (κ1) is 19.5. The van der Waals surface area contributed by atoms with Crippen molar-refractivity contribution in [3.05, 3.63) is 59.7 Å². The van der Waals surface area contributed by atoms with E-state index < -0.39 is 24.4 Å². The van der Waals surface area contributed by atoms with Crippen LogP contribution >= 0.6 is 18.9 Å². The van der Waals surface area contributed by atoms with Crippen LogP contribution in [-0.2, 0) is 9.95 Å². The molecule has 1 heterocycles. The molecule has 0 saturated heterocycles. The Kier molecular flexibility index (Phi) is 5.06. The van der Waals surface area contributed by atoms with Crippen molar-refractivity contribution in [3.8, 4) is 11.4 Å². The molecule has 1 aromatic heterocycles. The van der Waals surface area contributed by atoms with E-state index in [-0.39, 0.29) is 16.7 Å². The molecule has 1 unspecified atom stereocenters. The van der Waals surface area contributed by atoms with Crippen LogP contribution in [0.25, 0.3) is 11.4 Å². The van der Waals surface area contributed by atoms with Crippen LogP contribution in [0.1, 0.15) is 11.5 Å². The Balaban J connectivity index is 1.88. The van der Waals surface area contributed by atoms with Gasteiger partial charge in [-0.15, -0.1) is 0 Å². The molecule has 0 saturated carbocycles. The number of rotatable bonds is 5. The van der Waals surface area contributed by atoms with Gasteiger partial charge in [-0.2, -0.15) is 13.8 Å². The van der Waals surface area contributed by atoms with Crippen LogP contribution in [0.2, 0.25) is 0 Å². The number of hydrogen-bond donors (Lipinski definition) is 1. The van der Waals surface area contributed by atoms with Crippen LogP contribution in [0, 0.1) is 12.7 Å². The number of halogens is 4. The first-order chi connectivity index (χ1) is 12.6.